The zero-order valence-electron chi connectivity index (χ0n) is 17.9. The van der Waals surface area contributed by atoms with Crippen molar-refractivity contribution in [2.75, 3.05) is 13.6 Å². The molecule has 0 saturated carbocycles. The van der Waals surface area contributed by atoms with Crippen molar-refractivity contribution in [1.82, 2.24) is 20.4 Å². The van der Waals surface area contributed by atoms with Gasteiger partial charge in [0.25, 0.3) is 0 Å². The van der Waals surface area contributed by atoms with Crippen LogP contribution in [-0.2, 0) is 18.9 Å². The molecule has 2 rings (SSSR count). The van der Waals surface area contributed by atoms with Crippen LogP contribution in [0.1, 0.15) is 43.3 Å². The Morgan fingerprint density at radius 3 is 2.46 bits per heavy atom. The third-order valence-corrected chi connectivity index (χ3v) is 5.41. The molecule has 1 aromatic carbocycles. The van der Waals surface area contributed by atoms with Gasteiger partial charge in [-0.2, -0.15) is 5.10 Å². The Kier molecular flexibility index (Phi) is 9.27. The molecule has 28 heavy (non-hydrogen) atoms. The third kappa shape index (κ3) is 6.11. The summed E-state index contributed by atoms with van der Waals surface area (Å²) in [5.41, 5.74) is 4.61. The molecule has 0 radical (unpaired) electrons. The van der Waals surface area contributed by atoms with Gasteiger partial charge in [0.1, 0.15) is 0 Å². The highest BCUT2D eigenvalue weighted by atomic mass is 127. The number of nitrogens with one attached hydrogen (secondary N) is 2. The molecule has 156 valence electrons. The second-order valence-corrected chi connectivity index (χ2v) is 8.22. The lowest BCUT2D eigenvalue weighted by atomic mass is 9.84. The van der Waals surface area contributed by atoms with Crippen molar-refractivity contribution in [3.05, 3.63) is 51.8 Å². The zero-order chi connectivity index (χ0) is 20.2. The summed E-state index contributed by atoms with van der Waals surface area (Å²) >= 11 is 6.38. The molecule has 0 amide bonds. The number of aromatic nitrogens is 2. The fourth-order valence-electron chi connectivity index (χ4n) is 3.31. The number of hydrogen-bond acceptors (Lipinski definition) is 2. The van der Waals surface area contributed by atoms with Gasteiger partial charge in [0, 0.05) is 42.8 Å². The van der Waals surface area contributed by atoms with Gasteiger partial charge < -0.3 is 10.6 Å². The molecule has 7 heteroatoms. The van der Waals surface area contributed by atoms with Crippen molar-refractivity contribution < 1.29 is 0 Å². The van der Waals surface area contributed by atoms with Gasteiger partial charge in [-0.05, 0) is 44.4 Å². The monoisotopic (exact) mass is 517 g/mol. The third-order valence-electron chi connectivity index (χ3n) is 5.08. The number of rotatable bonds is 6. The highest BCUT2D eigenvalue weighted by molar-refractivity contribution is 14.0. The number of benzene rings is 1. The Bertz CT molecular complexity index is 813. The summed E-state index contributed by atoms with van der Waals surface area (Å²) in [5.74, 6) is 0.793. The van der Waals surface area contributed by atoms with Crippen molar-refractivity contribution in [3.8, 4) is 0 Å². The molecule has 1 aromatic heterocycles. The summed E-state index contributed by atoms with van der Waals surface area (Å²) in [5, 5.41) is 12.2. The number of aliphatic imine (C=N–C) groups is 1. The lowest BCUT2D eigenvalue weighted by Crippen LogP contribution is -2.47. The average molecular weight is 518 g/mol. The number of nitrogens with zero attached hydrogens (tertiary/aromatic N) is 3. The van der Waals surface area contributed by atoms with E-state index in [2.05, 4.69) is 61.4 Å². The lowest BCUT2D eigenvalue weighted by molar-refractivity contribution is 0.504. The Morgan fingerprint density at radius 2 is 1.93 bits per heavy atom. The minimum atomic E-state index is -0.115. The van der Waals surface area contributed by atoms with E-state index in [0.29, 0.717) is 0 Å². The van der Waals surface area contributed by atoms with Gasteiger partial charge in [0.15, 0.2) is 5.96 Å². The van der Waals surface area contributed by atoms with E-state index in [-0.39, 0.29) is 35.4 Å². The molecule has 0 aliphatic carbocycles. The SMILES string of the molecule is CN=C(NCC(C)(C)c1ccccc1Cl)NC(C)Cc1c(C)nn(C)c1C.I. The second kappa shape index (κ2) is 10.5. The van der Waals surface area contributed by atoms with Crippen LogP contribution in [0.4, 0.5) is 0 Å². The van der Waals surface area contributed by atoms with Gasteiger partial charge in [-0.3, -0.25) is 9.67 Å². The first-order valence-electron chi connectivity index (χ1n) is 9.37. The van der Waals surface area contributed by atoms with Gasteiger partial charge in [-0.1, -0.05) is 43.6 Å². The van der Waals surface area contributed by atoms with Crippen molar-refractivity contribution in [1.29, 1.82) is 0 Å². The Balaban J connectivity index is 0.00000392. The Morgan fingerprint density at radius 1 is 1.29 bits per heavy atom. The Hall–Kier alpha value is -1.28. The zero-order valence-corrected chi connectivity index (χ0v) is 21.0. The largest absolute Gasteiger partial charge is 0.356 e. The van der Waals surface area contributed by atoms with Gasteiger partial charge in [0.05, 0.1) is 5.69 Å². The van der Waals surface area contributed by atoms with Crippen LogP contribution < -0.4 is 10.6 Å². The molecular weight excluding hydrogens is 485 g/mol. The molecule has 1 unspecified atom stereocenters. The minimum Gasteiger partial charge on any atom is -0.356 e. The maximum atomic E-state index is 6.38. The van der Waals surface area contributed by atoms with E-state index in [4.69, 9.17) is 11.6 Å². The van der Waals surface area contributed by atoms with Crippen molar-refractivity contribution in [3.63, 3.8) is 0 Å². The topological polar surface area (TPSA) is 54.2 Å². The highest BCUT2D eigenvalue weighted by Gasteiger charge is 2.23. The van der Waals surface area contributed by atoms with E-state index >= 15 is 0 Å². The normalized spacial score (nSPS) is 13.1. The van der Waals surface area contributed by atoms with Crippen molar-refractivity contribution in [2.45, 2.75) is 52.5 Å². The molecule has 0 aliphatic rings. The molecule has 0 saturated heterocycles. The first kappa shape index (κ1) is 24.8. The van der Waals surface area contributed by atoms with E-state index in [1.807, 2.05) is 29.9 Å². The fourth-order valence-corrected chi connectivity index (χ4v) is 3.70. The van der Waals surface area contributed by atoms with Crippen molar-refractivity contribution in [2.24, 2.45) is 12.0 Å². The van der Waals surface area contributed by atoms with Crippen LogP contribution in [0.3, 0.4) is 0 Å². The van der Waals surface area contributed by atoms with Gasteiger partial charge >= 0.3 is 0 Å². The van der Waals surface area contributed by atoms with Crippen molar-refractivity contribution >= 4 is 41.5 Å². The van der Waals surface area contributed by atoms with Crippen LogP contribution >= 0.6 is 35.6 Å². The van der Waals surface area contributed by atoms with Gasteiger partial charge in [-0.15, -0.1) is 24.0 Å². The van der Waals surface area contributed by atoms with Crippen LogP contribution in [0.15, 0.2) is 29.3 Å². The first-order valence-corrected chi connectivity index (χ1v) is 9.74. The molecule has 2 aromatic rings. The molecule has 0 bridgehead atoms. The minimum absolute atomic E-state index is 0. The summed E-state index contributed by atoms with van der Waals surface area (Å²) in [4.78, 5) is 4.38. The number of halogens is 2. The Labute approximate surface area is 191 Å². The van der Waals surface area contributed by atoms with E-state index in [0.717, 1.165) is 35.2 Å². The first-order chi connectivity index (χ1) is 12.7. The van der Waals surface area contributed by atoms with Crippen LogP contribution in [0.25, 0.3) is 0 Å². The van der Waals surface area contributed by atoms with Crippen LogP contribution in [-0.4, -0.2) is 35.4 Å². The lowest BCUT2D eigenvalue weighted by Gasteiger charge is -2.28. The molecule has 2 N–H and O–H groups in total. The maximum absolute atomic E-state index is 6.38. The molecule has 0 spiro atoms. The van der Waals surface area contributed by atoms with E-state index < -0.39 is 0 Å². The average Bonchev–Trinajstić information content (AvgIpc) is 2.85. The van der Waals surface area contributed by atoms with Crippen LogP contribution in [0, 0.1) is 13.8 Å². The second-order valence-electron chi connectivity index (χ2n) is 7.81. The van der Waals surface area contributed by atoms with Gasteiger partial charge in [-0.25, -0.2) is 0 Å². The highest BCUT2D eigenvalue weighted by Crippen LogP contribution is 2.29. The van der Waals surface area contributed by atoms with E-state index in [1.54, 1.807) is 7.05 Å². The smallest absolute Gasteiger partial charge is 0.191 e. The predicted octanol–water partition coefficient (Wildman–Crippen LogP) is 4.38. The maximum Gasteiger partial charge on any atom is 0.191 e. The van der Waals surface area contributed by atoms with Gasteiger partial charge in [0.2, 0.25) is 0 Å². The van der Waals surface area contributed by atoms with Crippen LogP contribution in [0.5, 0.6) is 0 Å². The number of aryl methyl sites for hydroxylation is 2. The fraction of sp³-hybridized carbons (Fsp3) is 0.524. The summed E-state index contributed by atoms with van der Waals surface area (Å²) in [6.07, 6.45) is 0.903. The molecule has 5 nitrogen and oxygen atoms in total. The molecule has 0 fully saturated rings. The summed E-state index contributed by atoms with van der Waals surface area (Å²) in [7, 11) is 3.78. The molecule has 0 aliphatic heterocycles. The summed E-state index contributed by atoms with van der Waals surface area (Å²) in [6.45, 7) is 11.4. The molecule has 1 heterocycles. The van der Waals surface area contributed by atoms with Crippen LogP contribution in [0.2, 0.25) is 5.02 Å². The number of guanidine groups is 1. The van der Waals surface area contributed by atoms with E-state index in [9.17, 15) is 0 Å². The quantitative estimate of drug-likeness (QED) is 0.340. The number of hydrogen-bond donors (Lipinski definition) is 2. The molecular formula is C21H33ClIN5. The molecule has 1 atom stereocenters. The van der Waals surface area contributed by atoms with E-state index in [1.165, 1.54) is 11.3 Å². The standard InChI is InChI=1S/C21H32ClN5.HI/c1-14(12-17-15(2)26-27(7)16(17)3)25-20(23-6)24-13-21(4,5)18-10-8-9-11-19(18)22;/h8-11,14H,12-13H2,1-7H3,(H2,23,24,25);1H. The summed E-state index contributed by atoms with van der Waals surface area (Å²) in [6, 6.07) is 8.24. The predicted molar refractivity (Wildman–Crippen MR) is 130 cm³/mol. The summed E-state index contributed by atoms with van der Waals surface area (Å²) < 4.78 is 1.94.